The lowest BCUT2D eigenvalue weighted by molar-refractivity contribution is -0.186. The number of hydrogen-bond acceptors (Lipinski definition) is 2. The number of alkyl halides is 3. The van der Waals surface area contributed by atoms with Crippen LogP contribution in [0.1, 0.15) is 0 Å². The molecule has 1 N–H and O–H groups in total. The number of carbonyl (C=O) groups is 1. The molecule has 1 aromatic rings. The predicted molar refractivity (Wildman–Crippen MR) is 54.8 cm³/mol. The summed E-state index contributed by atoms with van der Waals surface area (Å²) in [5, 5.41) is 2.56. The Balaban J connectivity index is 2.10. The van der Waals surface area contributed by atoms with E-state index in [0.29, 0.717) is 5.02 Å². The Morgan fingerprint density at radius 2 is 1.88 bits per heavy atom. The van der Waals surface area contributed by atoms with Crippen molar-refractivity contribution in [1.82, 2.24) is 0 Å². The molecule has 0 spiro atoms. The fourth-order valence-corrected chi connectivity index (χ4v) is 1.39. The molecule has 17 heavy (non-hydrogen) atoms. The van der Waals surface area contributed by atoms with Crippen LogP contribution in [0.5, 0.6) is 0 Å². The summed E-state index contributed by atoms with van der Waals surface area (Å²) in [5.74, 6) is -1.22. The van der Waals surface area contributed by atoms with Crippen molar-refractivity contribution in [3.05, 3.63) is 29.3 Å². The monoisotopic (exact) mass is 265 g/mol. The fourth-order valence-electron chi connectivity index (χ4n) is 1.26. The molecule has 0 aromatic heterocycles. The fraction of sp³-hybridized carbons (Fsp3) is 0.300. The van der Waals surface area contributed by atoms with Gasteiger partial charge in [-0.05, 0) is 24.3 Å². The van der Waals surface area contributed by atoms with E-state index < -0.39 is 24.3 Å². The van der Waals surface area contributed by atoms with Crippen LogP contribution in [0.15, 0.2) is 24.3 Å². The maximum atomic E-state index is 12.5. The molecule has 1 aliphatic rings. The summed E-state index contributed by atoms with van der Waals surface area (Å²) in [4.78, 5) is 11.4. The SMILES string of the molecule is O=C(Nc1ccc(Cl)cc1)[C@@]1(C(F)(F)F)CO1. The van der Waals surface area contributed by atoms with Crippen molar-refractivity contribution in [2.75, 3.05) is 11.9 Å². The van der Waals surface area contributed by atoms with Crippen LogP contribution in [0.2, 0.25) is 5.02 Å². The Hall–Kier alpha value is -1.27. The van der Waals surface area contributed by atoms with Crippen molar-refractivity contribution in [2.24, 2.45) is 0 Å². The van der Waals surface area contributed by atoms with Crippen LogP contribution in [0.3, 0.4) is 0 Å². The van der Waals surface area contributed by atoms with E-state index in [1.165, 1.54) is 24.3 Å². The zero-order valence-electron chi connectivity index (χ0n) is 8.34. The molecule has 1 aliphatic heterocycles. The van der Waals surface area contributed by atoms with Crippen molar-refractivity contribution in [3.63, 3.8) is 0 Å². The molecule has 1 heterocycles. The van der Waals surface area contributed by atoms with Gasteiger partial charge in [-0.1, -0.05) is 11.6 Å². The van der Waals surface area contributed by atoms with Gasteiger partial charge in [0.15, 0.2) is 0 Å². The number of halogens is 4. The third-order valence-electron chi connectivity index (χ3n) is 2.36. The summed E-state index contributed by atoms with van der Waals surface area (Å²) in [6, 6.07) is 5.75. The molecule has 92 valence electrons. The van der Waals surface area contributed by atoms with Crippen LogP contribution in [0.25, 0.3) is 0 Å². The van der Waals surface area contributed by atoms with Gasteiger partial charge in [-0.2, -0.15) is 13.2 Å². The molecule has 7 heteroatoms. The number of hydrogen-bond donors (Lipinski definition) is 1. The summed E-state index contributed by atoms with van der Waals surface area (Å²) in [6.07, 6.45) is -4.70. The van der Waals surface area contributed by atoms with Gasteiger partial charge in [-0.15, -0.1) is 0 Å². The molecule has 1 atom stereocenters. The molecular weight excluding hydrogens is 259 g/mol. The Bertz CT molecular complexity index is 440. The number of rotatable bonds is 2. The number of nitrogens with one attached hydrogen (secondary N) is 1. The molecule has 0 saturated carbocycles. The lowest BCUT2D eigenvalue weighted by Gasteiger charge is -2.15. The first kappa shape index (κ1) is 12.2. The van der Waals surface area contributed by atoms with Gasteiger partial charge in [-0.25, -0.2) is 0 Å². The largest absolute Gasteiger partial charge is 0.429 e. The van der Waals surface area contributed by atoms with E-state index in [2.05, 4.69) is 10.1 Å². The average molecular weight is 266 g/mol. The van der Waals surface area contributed by atoms with Crippen molar-refractivity contribution >= 4 is 23.2 Å². The van der Waals surface area contributed by atoms with E-state index in [0.717, 1.165) is 0 Å². The van der Waals surface area contributed by atoms with Gasteiger partial charge in [0.1, 0.15) is 0 Å². The van der Waals surface area contributed by atoms with Gasteiger partial charge in [-0.3, -0.25) is 4.79 Å². The van der Waals surface area contributed by atoms with Crippen LogP contribution >= 0.6 is 11.6 Å². The van der Waals surface area contributed by atoms with E-state index >= 15 is 0 Å². The first-order chi connectivity index (χ1) is 7.85. The van der Waals surface area contributed by atoms with Crippen molar-refractivity contribution < 1.29 is 22.7 Å². The average Bonchev–Trinajstić information content (AvgIpc) is 3.01. The highest BCUT2D eigenvalue weighted by molar-refractivity contribution is 6.30. The van der Waals surface area contributed by atoms with Crippen LogP contribution in [0.4, 0.5) is 18.9 Å². The van der Waals surface area contributed by atoms with E-state index in [9.17, 15) is 18.0 Å². The van der Waals surface area contributed by atoms with Crippen molar-refractivity contribution in [3.8, 4) is 0 Å². The molecule has 0 bridgehead atoms. The van der Waals surface area contributed by atoms with E-state index in [1.807, 2.05) is 0 Å². The lowest BCUT2D eigenvalue weighted by atomic mass is 10.1. The number of ether oxygens (including phenoxy) is 1. The standard InChI is InChI=1S/C10H7ClF3NO2/c11-6-1-3-7(4-2-6)15-8(16)9(5-17-9)10(12,13)14/h1-4H,5H2,(H,15,16)/t9-/m1/s1. The summed E-state index contributed by atoms with van der Waals surface area (Å²) in [7, 11) is 0. The van der Waals surface area contributed by atoms with Crippen molar-refractivity contribution in [1.29, 1.82) is 0 Å². The van der Waals surface area contributed by atoms with Crippen LogP contribution in [-0.2, 0) is 9.53 Å². The minimum Gasteiger partial charge on any atom is -0.351 e. The molecule has 0 radical (unpaired) electrons. The molecular formula is C10H7ClF3NO2. The Morgan fingerprint density at radius 1 is 1.35 bits per heavy atom. The highest BCUT2D eigenvalue weighted by Crippen LogP contribution is 2.44. The second kappa shape index (κ2) is 3.89. The number of amides is 1. The summed E-state index contributed by atoms with van der Waals surface area (Å²) in [6.45, 7) is -0.643. The number of anilines is 1. The third-order valence-corrected chi connectivity index (χ3v) is 2.61. The number of carbonyl (C=O) groups excluding carboxylic acids is 1. The Morgan fingerprint density at radius 3 is 2.29 bits per heavy atom. The second-order valence-electron chi connectivity index (χ2n) is 3.57. The Labute approximate surface area is 99.5 Å². The zero-order valence-corrected chi connectivity index (χ0v) is 9.10. The molecule has 3 nitrogen and oxygen atoms in total. The first-order valence-electron chi connectivity index (χ1n) is 4.63. The molecule has 1 fully saturated rings. The molecule has 1 amide bonds. The predicted octanol–water partition coefficient (Wildman–Crippen LogP) is 2.61. The quantitative estimate of drug-likeness (QED) is 0.835. The smallest absolute Gasteiger partial charge is 0.351 e. The van der Waals surface area contributed by atoms with E-state index in [1.54, 1.807) is 0 Å². The molecule has 0 unspecified atom stereocenters. The minimum absolute atomic E-state index is 0.235. The van der Waals surface area contributed by atoms with Crippen LogP contribution in [0, 0.1) is 0 Å². The maximum Gasteiger partial charge on any atom is 0.429 e. The lowest BCUT2D eigenvalue weighted by Crippen LogP contribution is -2.44. The molecule has 1 aromatic carbocycles. The van der Waals surface area contributed by atoms with Gasteiger partial charge in [0.2, 0.25) is 0 Å². The first-order valence-corrected chi connectivity index (χ1v) is 5.01. The Kier molecular flexibility index (Phi) is 2.79. The van der Waals surface area contributed by atoms with E-state index in [4.69, 9.17) is 11.6 Å². The van der Waals surface area contributed by atoms with Gasteiger partial charge in [0.25, 0.3) is 11.5 Å². The van der Waals surface area contributed by atoms with Crippen molar-refractivity contribution in [2.45, 2.75) is 11.8 Å². The third kappa shape index (κ3) is 2.23. The van der Waals surface area contributed by atoms with E-state index in [-0.39, 0.29) is 5.69 Å². The number of benzene rings is 1. The van der Waals surface area contributed by atoms with Crippen LogP contribution in [-0.4, -0.2) is 24.3 Å². The van der Waals surface area contributed by atoms with Gasteiger partial charge in [0, 0.05) is 10.7 Å². The highest BCUT2D eigenvalue weighted by Gasteiger charge is 2.71. The summed E-state index contributed by atoms with van der Waals surface area (Å²) < 4.78 is 41.8. The minimum atomic E-state index is -4.70. The topological polar surface area (TPSA) is 41.6 Å². The van der Waals surface area contributed by atoms with Gasteiger partial charge in [0.05, 0.1) is 6.61 Å². The normalized spacial score (nSPS) is 23.3. The highest BCUT2D eigenvalue weighted by atomic mass is 35.5. The second-order valence-corrected chi connectivity index (χ2v) is 4.01. The van der Waals surface area contributed by atoms with Gasteiger partial charge >= 0.3 is 6.18 Å². The molecule has 1 saturated heterocycles. The van der Waals surface area contributed by atoms with Gasteiger partial charge < -0.3 is 10.1 Å². The summed E-state index contributed by atoms with van der Waals surface area (Å²) >= 11 is 5.61. The maximum absolute atomic E-state index is 12.5. The summed E-state index contributed by atoms with van der Waals surface area (Å²) in [5.41, 5.74) is -2.45. The van der Waals surface area contributed by atoms with Crippen LogP contribution < -0.4 is 5.32 Å². The zero-order chi connectivity index (χ0) is 12.7. The molecule has 0 aliphatic carbocycles. The molecule has 2 rings (SSSR count). The number of epoxide rings is 1.